The van der Waals surface area contributed by atoms with Crippen LogP contribution in [0.3, 0.4) is 0 Å². The molecule has 0 spiro atoms. The van der Waals surface area contributed by atoms with Gasteiger partial charge in [-0.25, -0.2) is 0 Å². The van der Waals surface area contributed by atoms with Crippen LogP contribution in [0.2, 0.25) is 10.0 Å². The summed E-state index contributed by atoms with van der Waals surface area (Å²) in [6.07, 6.45) is 2.75. The van der Waals surface area contributed by atoms with Crippen molar-refractivity contribution >= 4 is 46.4 Å². The fourth-order valence-corrected chi connectivity index (χ4v) is 6.63. The van der Waals surface area contributed by atoms with Crippen LogP contribution < -0.4 is 4.74 Å². The number of carbonyl (C=O) groups excluding carboxylic acids is 2. The third-order valence-corrected chi connectivity index (χ3v) is 8.74. The fourth-order valence-electron chi connectivity index (χ4n) is 5.22. The van der Waals surface area contributed by atoms with Crippen LogP contribution >= 0.6 is 34.5 Å². The van der Waals surface area contributed by atoms with E-state index in [0.717, 1.165) is 41.7 Å². The van der Waals surface area contributed by atoms with Gasteiger partial charge in [-0.3, -0.25) is 9.59 Å². The Morgan fingerprint density at radius 2 is 1.95 bits per heavy atom. The van der Waals surface area contributed by atoms with Gasteiger partial charge in [0, 0.05) is 34.6 Å². The molecule has 2 aliphatic rings. The van der Waals surface area contributed by atoms with Gasteiger partial charge in [-0.15, -0.1) is 11.3 Å². The lowest BCUT2D eigenvalue weighted by Crippen LogP contribution is -2.48. The van der Waals surface area contributed by atoms with Gasteiger partial charge in [0.1, 0.15) is 5.75 Å². The average Bonchev–Trinajstić information content (AvgIpc) is 3.60. The Hall–Kier alpha value is -2.58. The van der Waals surface area contributed by atoms with Crippen molar-refractivity contribution in [2.45, 2.75) is 37.8 Å². The van der Waals surface area contributed by atoms with Gasteiger partial charge >= 0.3 is 0 Å². The highest BCUT2D eigenvalue weighted by Gasteiger charge is 2.35. The first-order chi connectivity index (χ1) is 18.4. The molecule has 2 atom stereocenters. The molecule has 0 saturated carbocycles. The Kier molecular flexibility index (Phi) is 8.58. The molecule has 38 heavy (non-hydrogen) atoms. The Labute approximate surface area is 237 Å². The molecule has 0 aliphatic carbocycles. The number of methoxy groups -OCH3 is 1. The lowest BCUT2D eigenvalue weighted by atomic mass is 9.93. The van der Waals surface area contributed by atoms with E-state index in [4.69, 9.17) is 32.7 Å². The summed E-state index contributed by atoms with van der Waals surface area (Å²) in [6, 6.07) is 14.6. The molecule has 6 nitrogen and oxygen atoms in total. The number of rotatable bonds is 8. The number of thiophene rings is 1. The molecule has 5 rings (SSSR count). The number of benzene rings is 2. The van der Waals surface area contributed by atoms with Crippen molar-refractivity contribution in [2.24, 2.45) is 0 Å². The van der Waals surface area contributed by atoms with E-state index in [-0.39, 0.29) is 36.9 Å². The molecule has 3 aromatic rings. The van der Waals surface area contributed by atoms with E-state index in [9.17, 15) is 9.59 Å². The van der Waals surface area contributed by atoms with Crippen molar-refractivity contribution in [2.75, 3.05) is 33.4 Å². The summed E-state index contributed by atoms with van der Waals surface area (Å²) in [4.78, 5) is 32.2. The van der Waals surface area contributed by atoms with Gasteiger partial charge < -0.3 is 19.3 Å². The van der Waals surface area contributed by atoms with Crippen LogP contribution in [-0.4, -0.2) is 61.1 Å². The Bertz CT molecular complexity index is 1290. The molecule has 2 aromatic carbocycles. The van der Waals surface area contributed by atoms with E-state index >= 15 is 0 Å². The van der Waals surface area contributed by atoms with E-state index in [0.29, 0.717) is 29.7 Å². The zero-order chi connectivity index (χ0) is 26.6. The van der Waals surface area contributed by atoms with Crippen LogP contribution in [0.25, 0.3) is 0 Å². The summed E-state index contributed by atoms with van der Waals surface area (Å²) < 4.78 is 11.1. The molecular weight excluding hydrogens is 543 g/mol. The molecule has 3 heterocycles. The monoisotopic (exact) mass is 572 g/mol. The first-order valence-electron chi connectivity index (χ1n) is 12.8. The predicted octanol–water partition coefficient (Wildman–Crippen LogP) is 5.79. The Morgan fingerprint density at radius 1 is 1.13 bits per heavy atom. The zero-order valence-corrected chi connectivity index (χ0v) is 23.5. The molecule has 2 aliphatic heterocycles. The summed E-state index contributed by atoms with van der Waals surface area (Å²) >= 11 is 14.5. The van der Waals surface area contributed by atoms with Crippen LogP contribution in [-0.2, 0) is 27.2 Å². The van der Waals surface area contributed by atoms with E-state index in [1.165, 1.54) is 4.88 Å². The molecule has 0 N–H and O–H groups in total. The van der Waals surface area contributed by atoms with Gasteiger partial charge in [-0.1, -0.05) is 41.4 Å². The van der Waals surface area contributed by atoms with Crippen LogP contribution in [0.1, 0.15) is 40.5 Å². The summed E-state index contributed by atoms with van der Waals surface area (Å²) in [5, 5.41) is 3.12. The van der Waals surface area contributed by atoms with E-state index in [2.05, 4.69) is 11.4 Å². The molecule has 2 unspecified atom stereocenters. The van der Waals surface area contributed by atoms with Crippen LogP contribution in [0.5, 0.6) is 5.75 Å². The Balaban J connectivity index is 1.39. The van der Waals surface area contributed by atoms with Crippen LogP contribution in [0.4, 0.5) is 0 Å². The van der Waals surface area contributed by atoms with Gasteiger partial charge in [0.2, 0.25) is 11.8 Å². The molecule has 1 fully saturated rings. The number of halogens is 2. The van der Waals surface area contributed by atoms with Gasteiger partial charge in [0.15, 0.2) is 0 Å². The molecule has 0 bridgehead atoms. The highest BCUT2D eigenvalue weighted by atomic mass is 35.5. The fraction of sp³-hybridized carbons (Fsp3) is 0.379. The third-order valence-electron chi connectivity index (χ3n) is 7.18. The first kappa shape index (κ1) is 27.0. The normalized spacial score (nSPS) is 18.8. The van der Waals surface area contributed by atoms with Crippen molar-refractivity contribution < 1.29 is 19.1 Å². The Morgan fingerprint density at radius 3 is 2.66 bits per heavy atom. The van der Waals surface area contributed by atoms with E-state index in [1.807, 2.05) is 35.2 Å². The maximum Gasteiger partial charge on any atom is 0.242 e. The van der Waals surface area contributed by atoms with Crippen molar-refractivity contribution in [1.29, 1.82) is 0 Å². The van der Waals surface area contributed by atoms with Gasteiger partial charge in [-0.05, 0) is 71.7 Å². The zero-order valence-electron chi connectivity index (χ0n) is 21.2. The highest BCUT2D eigenvalue weighted by Crippen LogP contribution is 2.41. The first-order valence-corrected chi connectivity index (χ1v) is 14.4. The second-order valence-electron chi connectivity index (χ2n) is 9.64. The van der Waals surface area contributed by atoms with Crippen molar-refractivity contribution in [1.82, 2.24) is 9.80 Å². The average molecular weight is 574 g/mol. The smallest absolute Gasteiger partial charge is 0.242 e. The minimum atomic E-state index is -0.330. The number of amides is 2. The highest BCUT2D eigenvalue weighted by molar-refractivity contribution is 7.10. The second-order valence-corrected chi connectivity index (χ2v) is 11.5. The molecule has 200 valence electrons. The van der Waals surface area contributed by atoms with Crippen molar-refractivity contribution in [3.63, 3.8) is 0 Å². The lowest BCUT2D eigenvalue weighted by Gasteiger charge is -2.38. The second kappa shape index (κ2) is 12.1. The third kappa shape index (κ3) is 6.01. The predicted molar refractivity (Wildman–Crippen MR) is 150 cm³/mol. The maximum absolute atomic E-state index is 13.9. The van der Waals surface area contributed by atoms with Gasteiger partial charge in [0.05, 0.1) is 32.2 Å². The van der Waals surface area contributed by atoms with E-state index < -0.39 is 0 Å². The van der Waals surface area contributed by atoms with Crippen LogP contribution in [0.15, 0.2) is 53.9 Å². The molecular formula is C29H30Cl2N2O4S. The van der Waals surface area contributed by atoms with Crippen molar-refractivity contribution in [3.05, 3.63) is 85.5 Å². The van der Waals surface area contributed by atoms with Gasteiger partial charge in [0.25, 0.3) is 0 Å². The van der Waals surface area contributed by atoms with Crippen molar-refractivity contribution in [3.8, 4) is 5.75 Å². The summed E-state index contributed by atoms with van der Waals surface area (Å²) in [5.74, 6) is 0.518. The number of nitrogens with zero attached hydrogens (tertiary/aromatic N) is 2. The molecule has 0 radical (unpaired) electrons. The van der Waals surface area contributed by atoms with Crippen LogP contribution in [0, 0.1) is 0 Å². The minimum absolute atomic E-state index is 0.0178. The maximum atomic E-state index is 13.9. The quantitative estimate of drug-likeness (QED) is 0.343. The number of carbonyl (C=O) groups is 2. The minimum Gasteiger partial charge on any atom is -0.497 e. The summed E-state index contributed by atoms with van der Waals surface area (Å²) in [5.41, 5.74) is 2.78. The number of fused-ring (bicyclic) bond motifs is 1. The topological polar surface area (TPSA) is 59.1 Å². The standard InChI is InChI=1S/C29H30Cl2N2O4S/c1-36-21-7-4-19(5-8-21)15-27(34)32(17-22-3-2-13-37-22)18-28(35)33-12-10-26-24(11-14-38-26)29(33)23-9-6-20(30)16-25(23)31/h4-9,11,14,16,22,29H,2-3,10,12-13,15,17-18H2,1H3. The molecule has 1 aromatic heterocycles. The number of hydrogen-bond acceptors (Lipinski definition) is 5. The summed E-state index contributed by atoms with van der Waals surface area (Å²) in [7, 11) is 1.61. The number of hydrogen-bond donors (Lipinski definition) is 0. The largest absolute Gasteiger partial charge is 0.497 e. The summed E-state index contributed by atoms with van der Waals surface area (Å²) in [6.45, 7) is 1.61. The molecule has 2 amide bonds. The lowest BCUT2D eigenvalue weighted by molar-refractivity contribution is -0.142. The van der Waals surface area contributed by atoms with Gasteiger partial charge in [-0.2, -0.15) is 0 Å². The molecule has 1 saturated heterocycles. The number of ether oxygens (including phenoxy) is 2. The molecule has 9 heteroatoms. The van der Waals surface area contributed by atoms with E-state index in [1.54, 1.807) is 35.5 Å². The SMILES string of the molecule is COc1ccc(CC(=O)N(CC(=O)N2CCc3sccc3C2c2ccc(Cl)cc2Cl)CC2CCCO2)cc1.